The van der Waals surface area contributed by atoms with Crippen LogP contribution in [0.5, 0.6) is 0 Å². The van der Waals surface area contributed by atoms with Crippen molar-refractivity contribution in [3.63, 3.8) is 0 Å². The molecule has 0 N–H and O–H groups in total. The Morgan fingerprint density at radius 3 is 2.17 bits per heavy atom. The zero-order chi connectivity index (χ0) is 15.9. The third kappa shape index (κ3) is 4.43. The highest BCUT2D eigenvalue weighted by Gasteiger charge is 2.25. The van der Waals surface area contributed by atoms with Crippen LogP contribution < -0.4 is 0 Å². The van der Waals surface area contributed by atoms with Gasteiger partial charge in [-0.15, -0.1) is 0 Å². The molecule has 0 radical (unpaired) electrons. The molecule has 2 aliphatic carbocycles. The Hall–Kier alpha value is -1.64. The van der Waals surface area contributed by atoms with Gasteiger partial charge in [0.05, 0.1) is 12.4 Å². The summed E-state index contributed by atoms with van der Waals surface area (Å²) < 4.78 is 0. The Labute approximate surface area is 139 Å². The highest BCUT2D eigenvalue weighted by atomic mass is 16.2. The van der Waals surface area contributed by atoms with Gasteiger partial charge in [-0.05, 0) is 37.8 Å². The lowest BCUT2D eigenvalue weighted by Crippen LogP contribution is -2.40. The molecule has 2 fully saturated rings. The van der Waals surface area contributed by atoms with Gasteiger partial charge in [0.15, 0.2) is 0 Å². The monoisotopic (exact) mass is 312 g/mol. The lowest BCUT2D eigenvalue weighted by atomic mass is 9.94. The molecule has 0 aliphatic heterocycles. The zero-order valence-electron chi connectivity index (χ0n) is 14.0. The fourth-order valence-electron chi connectivity index (χ4n) is 3.80. The maximum Gasteiger partial charge on any atom is 0.259 e. The lowest BCUT2D eigenvalue weighted by Gasteiger charge is -2.32. The van der Waals surface area contributed by atoms with Crippen molar-refractivity contribution in [1.82, 2.24) is 4.90 Å². The van der Waals surface area contributed by atoms with Gasteiger partial charge in [-0.1, -0.05) is 56.7 Å². The van der Waals surface area contributed by atoms with Gasteiger partial charge in [0.2, 0.25) is 0 Å². The van der Waals surface area contributed by atoms with Gasteiger partial charge in [0.25, 0.3) is 5.91 Å². The number of nitrogens with zero attached hydrogens (tertiary/aromatic N) is 2. The van der Waals surface area contributed by atoms with E-state index in [0.717, 1.165) is 18.4 Å². The van der Waals surface area contributed by atoms with E-state index in [0.29, 0.717) is 12.1 Å². The van der Waals surface area contributed by atoms with E-state index < -0.39 is 0 Å². The largest absolute Gasteiger partial charge is 0.296 e. The summed E-state index contributed by atoms with van der Waals surface area (Å²) in [5.41, 5.74) is 0.771. The molecule has 0 saturated heterocycles. The van der Waals surface area contributed by atoms with E-state index in [2.05, 4.69) is 0 Å². The second-order valence-corrected chi connectivity index (χ2v) is 6.93. The molecule has 0 atom stereocenters. The topological polar surface area (TPSA) is 32.7 Å². The van der Waals surface area contributed by atoms with Crippen molar-refractivity contribution in [3.05, 3.63) is 35.9 Å². The van der Waals surface area contributed by atoms with Crippen LogP contribution in [0.25, 0.3) is 0 Å². The highest BCUT2D eigenvalue weighted by Crippen LogP contribution is 2.24. The first-order chi connectivity index (χ1) is 11.3. The minimum atomic E-state index is 0.108. The molecule has 2 saturated carbocycles. The van der Waals surface area contributed by atoms with Crippen molar-refractivity contribution in [2.45, 2.75) is 76.3 Å². The molecule has 1 aromatic carbocycles. The SMILES string of the molecule is O=C(c1ccccc1)N(C=NC1CCCCC1)C1CCCCC1. The smallest absolute Gasteiger partial charge is 0.259 e. The number of hydrogen-bond acceptors (Lipinski definition) is 2. The van der Waals surface area contributed by atoms with E-state index in [1.807, 2.05) is 41.6 Å². The average molecular weight is 312 g/mol. The number of rotatable bonds is 4. The van der Waals surface area contributed by atoms with Crippen molar-refractivity contribution >= 4 is 12.2 Å². The average Bonchev–Trinajstić information content (AvgIpc) is 2.64. The molecule has 0 unspecified atom stereocenters. The first-order valence-corrected chi connectivity index (χ1v) is 9.25. The van der Waals surface area contributed by atoms with Gasteiger partial charge < -0.3 is 0 Å². The summed E-state index contributed by atoms with van der Waals surface area (Å²) in [7, 11) is 0. The Balaban J connectivity index is 1.75. The van der Waals surface area contributed by atoms with E-state index in [1.165, 1.54) is 51.4 Å². The van der Waals surface area contributed by atoms with Crippen molar-refractivity contribution in [1.29, 1.82) is 0 Å². The minimum Gasteiger partial charge on any atom is -0.296 e. The van der Waals surface area contributed by atoms with Crippen LogP contribution in [0.3, 0.4) is 0 Å². The summed E-state index contributed by atoms with van der Waals surface area (Å²) in [5.74, 6) is 0.108. The first-order valence-electron chi connectivity index (χ1n) is 9.25. The molecule has 3 heteroatoms. The van der Waals surface area contributed by atoms with Crippen LogP contribution >= 0.6 is 0 Å². The van der Waals surface area contributed by atoms with Gasteiger partial charge in [0, 0.05) is 11.6 Å². The predicted octanol–water partition coefficient (Wildman–Crippen LogP) is 4.82. The van der Waals surface area contributed by atoms with Crippen LogP contribution in [0.1, 0.15) is 74.6 Å². The predicted molar refractivity (Wildman–Crippen MR) is 94.8 cm³/mol. The summed E-state index contributed by atoms with van der Waals surface area (Å²) in [6.07, 6.45) is 14.1. The summed E-state index contributed by atoms with van der Waals surface area (Å²) in [5, 5.41) is 0. The molecule has 1 amide bonds. The van der Waals surface area contributed by atoms with Crippen LogP contribution in [0.15, 0.2) is 35.3 Å². The quantitative estimate of drug-likeness (QED) is 0.579. The second kappa shape index (κ2) is 8.28. The maximum absolute atomic E-state index is 13.0. The highest BCUT2D eigenvalue weighted by molar-refractivity contribution is 6.00. The Kier molecular flexibility index (Phi) is 5.84. The Bertz CT molecular complexity index is 514. The Morgan fingerprint density at radius 2 is 1.52 bits per heavy atom. The molecular weight excluding hydrogens is 284 g/mol. The number of carbonyl (C=O) groups excluding carboxylic acids is 1. The molecule has 1 aromatic rings. The molecule has 0 heterocycles. The van der Waals surface area contributed by atoms with Crippen LogP contribution in [0, 0.1) is 0 Å². The molecule has 124 valence electrons. The van der Waals surface area contributed by atoms with Gasteiger partial charge in [-0.2, -0.15) is 0 Å². The molecular formula is C20H28N2O. The second-order valence-electron chi connectivity index (χ2n) is 6.93. The minimum absolute atomic E-state index is 0.108. The molecule has 2 aliphatic rings. The van der Waals surface area contributed by atoms with Gasteiger partial charge >= 0.3 is 0 Å². The van der Waals surface area contributed by atoms with Crippen molar-refractivity contribution in [2.24, 2.45) is 4.99 Å². The number of amides is 1. The van der Waals surface area contributed by atoms with Gasteiger partial charge in [0.1, 0.15) is 0 Å². The van der Waals surface area contributed by atoms with E-state index >= 15 is 0 Å². The third-order valence-corrected chi connectivity index (χ3v) is 5.20. The summed E-state index contributed by atoms with van der Waals surface area (Å²) >= 11 is 0. The number of hydrogen-bond donors (Lipinski definition) is 0. The molecule has 3 nitrogen and oxygen atoms in total. The maximum atomic E-state index is 13.0. The van der Waals surface area contributed by atoms with Crippen molar-refractivity contribution < 1.29 is 4.79 Å². The van der Waals surface area contributed by atoms with Crippen LogP contribution in [-0.4, -0.2) is 29.2 Å². The molecule has 0 spiro atoms. The molecule has 0 aromatic heterocycles. The fraction of sp³-hybridized carbons (Fsp3) is 0.600. The summed E-state index contributed by atoms with van der Waals surface area (Å²) in [6, 6.07) is 10.4. The van der Waals surface area contributed by atoms with E-state index in [1.54, 1.807) is 0 Å². The van der Waals surface area contributed by atoms with Crippen LogP contribution in [-0.2, 0) is 0 Å². The number of carbonyl (C=O) groups is 1. The fourth-order valence-corrected chi connectivity index (χ4v) is 3.80. The van der Waals surface area contributed by atoms with Crippen molar-refractivity contribution in [3.8, 4) is 0 Å². The zero-order valence-corrected chi connectivity index (χ0v) is 14.0. The number of benzene rings is 1. The molecule has 3 rings (SSSR count). The van der Waals surface area contributed by atoms with Crippen molar-refractivity contribution in [2.75, 3.05) is 0 Å². The standard InChI is InChI=1S/C20H28N2O/c23-20(17-10-4-1-5-11-17)22(19-14-8-3-9-15-19)16-21-18-12-6-2-7-13-18/h1,4-5,10-11,16,18-19H,2-3,6-9,12-15H2. The summed E-state index contributed by atoms with van der Waals surface area (Å²) in [6.45, 7) is 0. The van der Waals surface area contributed by atoms with Gasteiger partial charge in [-0.3, -0.25) is 14.7 Å². The first kappa shape index (κ1) is 16.2. The molecule has 23 heavy (non-hydrogen) atoms. The molecule has 0 bridgehead atoms. The van der Waals surface area contributed by atoms with E-state index in [9.17, 15) is 4.79 Å². The van der Waals surface area contributed by atoms with E-state index in [-0.39, 0.29) is 5.91 Å². The number of aliphatic imine (C=N–C) groups is 1. The summed E-state index contributed by atoms with van der Waals surface area (Å²) in [4.78, 5) is 19.7. The Morgan fingerprint density at radius 1 is 0.913 bits per heavy atom. The lowest BCUT2D eigenvalue weighted by molar-refractivity contribution is 0.0783. The third-order valence-electron chi connectivity index (χ3n) is 5.20. The van der Waals surface area contributed by atoms with Crippen LogP contribution in [0.2, 0.25) is 0 Å². The normalized spacial score (nSPS) is 20.7. The van der Waals surface area contributed by atoms with Crippen LogP contribution in [0.4, 0.5) is 0 Å². The van der Waals surface area contributed by atoms with E-state index in [4.69, 9.17) is 4.99 Å². The van der Waals surface area contributed by atoms with Gasteiger partial charge in [-0.25, -0.2) is 0 Å².